The monoisotopic (exact) mass is 520 g/mol. The molecule has 1 aliphatic carbocycles. The molecule has 1 aromatic carbocycles. The van der Waals surface area contributed by atoms with Gasteiger partial charge in [-0.2, -0.15) is 9.97 Å². The fraction of sp³-hybridized carbons (Fsp3) is 0.633. The van der Waals surface area contributed by atoms with E-state index in [2.05, 4.69) is 63.8 Å². The largest absolute Gasteiger partial charge is 0.361 e. The van der Waals surface area contributed by atoms with Gasteiger partial charge in [0.2, 0.25) is 5.95 Å². The third kappa shape index (κ3) is 6.54. The quantitative estimate of drug-likeness (QED) is 0.426. The number of hydrogen-bond donors (Lipinski definition) is 2. The summed E-state index contributed by atoms with van der Waals surface area (Å²) in [7, 11) is 0. The number of nitrogens with zero attached hydrogens (tertiary/aromatic N) is 4. The van der Waals surface area contributed by atoms with Crippen molar-refractivity contribution in [2.75, 3.05) is 41.3 Å². The van der Waals surface area contributed by atoms with Gasteiger partial charge in [-0.15, -0.1) is 0 Å². The summed E-state index contributed by atoms with van der Waals surface area (Å²) in [6.45, 7) is 6.34. The molecule has 2 aliphatic heterocycles. The normalized spacial score (nSPS) is 22.2. The molecule has 37 heavy (non-hydrogen) atoms. The zero-order valence-electron chi connectivity index (χ0n) is 22.6. The third-order valence-corrected chi connectivity index (χ3v) is 8.98. The lowest BCUT2D eigenvalue weighted by molar-refractivity contribution is 0.292. The molecular weight excluding hydrogens is 476 g/mol. The van der Waals surface area contributed by atoms with Gasteiger partial charge in [0, 0.05) is 43.7 Å². The van der Waals surface area contributed by atoms with Crippen molar-refractivity contribution in [2.45, 2.75) is 95.4 Å². The molecule has 2 N–H and O–H groups in total. The molecule has 6 nitrogen and oxygen atoms in total. The minimum absolute atomic E-state index is 0.133. The Hall–Kier alpha value is -2.41. The molecule has 5 rings (SSSR count). The minimum atomic E-state index is 0.133. The van der Waals surface area contributed by atoms with E-state index in [0.29, 0.717) is 17.1 Å². The van der Waals surface area contributed by atoms with Gasteiger partial charge in [-0.1, -0.05) is 62.4 Å². The van der Waals surface area contributed by atoms with Gasteiger partial charge in [-0.25, -0.2) is 0 Å². The Morgan fingerprint density at radius 1 is 0.892 bits per heavy atom. The van der Waals surface area contributed by atoms with Gasteiger partial charge in [0.05, 0.1) is 0 Å². The molecule has 2 aromatic rings. The lowest BCUT2D eigenvalue weighted by Gasteiger charge is -2.38. The molecule has 0 spiro atoms. The number of anilines is 3. The first-order chi connectivity index (χ1) is 18.1. The number of rotatable bonds is 6. The second kappa shape index (κ2) is 12.4. The topological polar surface area (TPSA) is 56.3 Å². The highest BCUT2D eigenvalue weighted by molar-refractivity contribution is 7.80. The van der Waals surface area contributed by atoms with Gasteiger partial charge in [0.15, 0.2) is 5.11 Å². The highest BCUT2D eigenvalue weighted by Crippen LogP contribution is 2.39. The van der Waals surface area contributed by atoms with Crippen LogP contribution in [0.5, 0.6) is 0 Å². The van der Waals surface area contributed by atoms with E-state index >= 15 is 0 Å². The van der Waals surface area contributed by atoms with E-state index in [9.17, 15) is 0 Å². The first kappa shape index (κ1) is 26.2. The summed E-state index contributed by atoms with van der Waals surface area (Å²) in [4.78, 5) is 14.9. The number of nitrogens with one attached hydrogen (secondary N) is 2. The average molecular weight is 521 g/mol. The molecule has 0 unspecified atom stereocenters. The molecule has 3 heterocycles. The van der Waals surface area contributed by atoms with Crippen molar-refractivity contribution in [1.82, 2.24) is 15.3 Å². The van der Waals surface area contributed by atoms with Crippen LogP contribution in [0.15, 0.2) is 36.4 Å². The zero-order chi connectivity index (χ0) is 25.5. The summed E-state index contributed by atoms with van der Waals surface area (Å²) in [5.74, 6) is 2.67. The molecule has 2 saturated heterocycles. The Morgan fingerprint density at radius 2 is 1.57 bits per heavy atom. The van der Waals surface area contributed by atoms with Crippen LogP contribution in [0.1, 0.15) is 89.5 Å². The average Bonchev–Trinajstić information content (AvgIpc) is 3.23. The Kier molecular flexibility index (Phi) is 8.80. The van der Waals surface area contributed by atoms with Crippen molar-refractivity contribution in [3.05, 3.63) is 42.0 Å². The standard InChI is InChI=1S/C30H44N6S/c1-24-14-8-13-21-36(24)27-22-26(35-19-11-2-3-12-20-35)32-28(33-27)34-29(37)31-23-30(17-9-5-10-18-30)25-15-6-4-7-16-25/h4,6-7,15-16,22,24H,2-3,5,8-14,17-21,23H2,1H3,(H2,31,32,33,34,37)/t24-/m0/s1. The minimum Gasteiger partial charge on any atom is -0.361 e. The van der Waals surface area contributed by atoms with Crippen LogP contribution in [0.4, 0.5) is 17.6 Å². The van der Waals surface area contributed by atoms with E-state index in [0.717, 1.165) is 37.8 Å². The third-order valence-electron chi connectivity index (χ3n) is 8.74. The fourth-order valence-electron chi connectivity index (χ4n) is 6.51. The van der Waals surface area contributed by atoms with E-state index in [1.807, 2.05) is 0 Å². The van der Waals surface area contributed by atoms with Gasteiger partial charge in [0.25, 0.3) is 0 Å². The fourth-order valence-corrected chi connectivity index (χ4v) is 6.67. The van der Waals surface area contributed by atoms with Crippen LogP contribution in [0.2, 0.25) is 0 Å². The van der Waals surface area contributed by atoms with Crippen molar-refractivity contribution < 1.29 is 0 Å². The summed E-state index contributed by atoms with van der Waals surface area (Å²) in [6, 6.07) is 13.7. The summed E-state index contributed by atoms with van der Waals surface area (Å²) >= 11 is 5.82. The maximum absolute atomic E-state index is 5.82. The van der Waals surface area contributed by atoms with E-state index < -0.39 is 0 Å². The highest BCUT2D eigenvalue weighted by atomic mass is 32.1. The van der Waals surface area contributed by atoms with Crippen LogP contribution in [0.25, 0.3) is 0 Å². The molecule has 3 aliphatic rings. The smallest absolute Gasteiger partial charge is 0.232 e. The van der Waals surface area contributed by atoms with Crippen LogP contribution >= 0.6 is 12.2 Å². The van der Waals surface area contributed by atoms with E-state index in [4.69, 9.17) is 22.2 Å². The van der Waals surface area contributed by atoms with Crippen molar-refractivity contribution in [1.29, 1.82) is 0 Å². The molecule has 1 saturated carbocycles. The first-order valence-corrected chi connectivity index (χ1v) is 15.0. The summed E-state index contributed by atoms with van der Waals surface area (Å²) in [6.07, 6.45) is 15.1. The summed E-state index contributed by atoms with van der Waals surface area (Å²) in [5.41, 5.74) is 1.56. The molecule has 7 heteroatoms. The van der Waals surface area contributed by atoms with E-state index in [1.54, 1.807) is 0 Å². The van der Waals surface area contributed by atoms with Crippen molar-refractivity contribution in [2.24, 2.45) is 0 Å². The van der Waals surface area contributed by atoms with Crippen LogP contribution < -0.4 is 20.4 Å². The first-order valence-electron chi connectivity index (χ1n) is 14.6. The van der Waals surface area contributed by atoms with Crippen LogP contribution in [0.3, 0.4) is 0 Å². The van der Waals surface area contributed by atoms with Gasteiger partial charge in [-0.3, -0.25) is 0 Å². The zero-order valence-corrected chi connectivity index (χ0v) is 23.4. The van der Waals surface area contributed by atoms with Crippen LogP contribution in [-0.4, -0.2) is 47.3 Å². The molecule has 1 atom stereocenters. The number of benzene rings is 1. The number of piperidine rings is 1. The van der Waals surface area contributed by atoms with Crippen molar-refractivity contribution >= 4 is 34.9 Å². The molecule has 3 fully saturated rings. The Bertz CT molecular complexity index is 1010. The SMILES string of the molecule is C[C@H]1CCCCN1c1cc(N2CCCCCC2)nc(NC(=S)NCC2(c3ccccc3)CCCCC2)n1. The van der Waals surface area contributed by atoms with Gasteiger partial charge < -0.3 is 20.4 Å². The molecule has 0 amide bonds. The van der Waals surface area contributed by atoms with E-state index in [1.165, 1.54) is 82.6 Å². The Morgan fingerprint density at radius 3 is 2.30 bits per heavy atom. The van der Waals surface area contributed by atoms with Gasteiger partial charge in [-0.05, 0) is 69.7 Å². The van der Waals surface area contributed by atoms with Crippen molar-refractivity contribution in [3.63, 3.8) is 0 Å². The predicted octanol–water partition coefficient (Wildman–Crippen LogP) is 6.42. The Balaban J connectivity index is 1.33. The van der Waals surface area contributed by atoms with E-state index in [-0.39, 0.29) is 5.41 Å². The maximum atomic E-state index is 5.82. The molecule has 0 radical (unpaired) electrons. The number of thiocarbonyl (C=S) groups is 1. The lowest BCUT2D eigenvalue weighted by atomic mass is 9.69. The van der Waals surface area contributed by atoms with Crippen LogP contribution in [-0.2, 0) is 5.41 Å². The highest BCUT2D eigenvalue weighted by Gasteiger charge is 2.34. The van der Waals surface area contributed by atoms with Gasteiger partial charge >= 0.3 is 0 Å². The van der Waals surface area contributed by atoms with Gasteiger partial charge in [0.1, 0.15) is 11.6 Å². The summed E-state index contributed by atoms with van der Waals surface area (Å²) < 4.78 is 0. The molecule has 0 bridgehead atoms. The maximum Gasteiger partial charge on any atom is 0.232 e. The molecule has 1 aromatic heterocycles. The predicted molar refractivity (Wildman–Crippen MR) is 159 cm³/mol. The second-order valence-electron chi connectivity index (χ2n) is 11.4. The van der Waals surface area contributed by atoms with Crippen LogP contribution in [0, 0.1) is 0 Å². The second-order valence-corrected chi connectivity index (χ2v) is 11.8. The molecule has 200 valence electrons. The van der Waals surface area contributed by atoms with Crippen molar-refractivity contribution in [3.8, 4) is 0 Å². The Labute approximate surface area is 228 Å². The lowest BCUT2D eigenvalue weighted by Crippen LogP contribution is -2.43. The number of aromatic nitrogens is 2. The summed E-state index contributed by atoms with van der Waals surface area (Å²) in [5, 5.41) is 7.57. The molecular formula is C30H44N6S. The number of hydrogen-bond acceptors (Lipinski definition) is 5.